The van der Waals surface area contributed by atoms with E-state index in [0.29, 0.717) is 12.1 Å². The first-order valence-electron chi connectivity index (χ1n) is 9.05. The molecule has 26 heavy (non-hydrogen) atoms. The van der Waals surface area contributed by atoms with Gasteiger partial charge < -0.3 is 4.90 Å². The molecular weight excluding hydrogens is 328 g/mol. The maximum absolute atomic E-state index is 12.9. The van der Waals surface area contributed by atoms with E-state index in [4.69, 9.17) is 4.98 Å². The zero-order chi connectivity index (χ0) is 18.1. The molecule has 0 N–H and O–H groups in total. The maximum Gasteiger partial charge on any atom is 0.169 e. The van der Waals surface area contributed by atoms with Gasteiger partial charge in [0.2, 0.25) is 0 Å². The van der Waals surface area contributed by atoms with Crippen LogP contribution in [0.15, 0.2) is 30.7 Å². The molecule has 1 aliphatic rings. The van der Waals surface area contributed by atoms with Gasteiger partial charge in [-0.2, -0.15) is 5.10 Å². The maximum atomic E-state index is 12.9. The predicted molar refractivity (Wildman–Crippen MR) is 99.2 cm³/mol. The number of fused-ring (bicyclic) bond motifs is 1. The van der Waals surface area contributed by atoms with Gasteiger partial charge in [0.1, 0.15) is 11.6 Å². The molecule has 0 radical (unpaired) electrons. The highest BCUT2D eigenvalue weighted by Gasteiger charge is 2.29. The summed E-state index contributed by atoms with van der Waals surface area (Å²) >= 11 is 0. The largest absolute Gasteiger partial charge is 0.355 e. The molecule has 1 fully saturated rings. The Bertz CT molecular complexity index is 936. The molecule has 3 aromatic heterocycles. The third-order valence-corrected chi connectivity index (χ3v) is 4.97. The second kappa shape index (κ2) is 6.82. The minimum Gasteiger partial charge on any atom is -0.355 e. The van der Waals surface area contributed by atoms with Crippen LogP contribution in [0.4, 0.5) is 5.82 Å². The summed E-state index contributed by atoms with van der Waals surface area (Å²) in [7, 11) is 1.89. The number of Topliss-reactive ketones (excluding diaryl/α,β-unsaturated/α-hetero) is 1. The van der Waals surface area contributed by atoms with E-state index < -0.39 is 0 Å². The van der Waals surface area contributed by atoms with Crippen molar-refractivity contribution in [3.05, 3.63) is 42.1 Å². The average molecular weight is 350 g/mol. The molecule has 1 atom stereocenters. The SMILES string of the molecule is CCc1nc(N2CCC[C@@H](C(=O)c3cccnc3)C2)c2cnn(C)c2n1. The summed E-state index contributed by atoms with van der Waals surface area (Å²) < 4.78 is 1.78. The molecule has 1 saturated heterocycles. The first-order chi connectivity index (χ1) is 12.7. The van der Waals surface area contributed by atoms with Crippen LogP contribution in [-0.2, 0) is 13.5 Å². The zero-order valence-electron chi connectivity index (χ0n) is 15.1. The smallest absolute Gasteiger partial charge is 0.169 e. The van der Waals surface area contributed by atoms with Gasteiger partial charge in [-0.3, -0.25) is 14.5 Å². The van der Waals surface area contributed by atoms with Crippen molar-refractivity contribution in [2.75, 3.05) is 18.0 Å². The Hall–Kier alpha value is -2.83. The number of aromatic nitrogens is 5. The van der Waals surface area contributed by atoms with Crippen LogP contribution >= 0.6 is 0 Å². The van der Waals surface area contributed by atoms with Crippen molar-refractivity contribution in [1.29, 1.82) is 0 Å². The van der Waals surface area contributed by atoms with Crippen LogP contribution in [-0.4, -0.2) is 43.6 Å². The standard InChI is InChI=1S/C19H22N6O/c1-3-16-22-18-15(11-21-24(18)2)19(23-16)25-9-5-7-14(12-25)17(26)13-6-4-8-20-10-13/h4,6,8,10-11,14H,3,5,7,9,12H2,1-2H3/t14-/m1/s1. The number of carbonyl (C=O) groups is 1. The van der Waals surface area contributed by atoms with E-state index in [9.17, 15) is 4.79 Å². The number of hydrogen-bond acceptors (Lipinski definition) is 6. The Labute approximate surface area is 152 Å². The molecule has 0 saturated carbocycles. The Morgan fingerprint density at radius 1 is 1.31 bits per heavy atom. The summed E-state index contributed by atoms with van der Waals surface area (Å²) in [5, 5.41) is 5.28. The van der Waals surface area contributed by atoms with Crippen molar-refractivity contribution < 1.29 is 4.79 Å². The first kappa shape index (κ1) is 16.6. The minimum atomic E-state index is -0.0419. The molecular formula is C19H22N6O. The summed E-state index contributed by atoms with van der Waals surface area (Å²) in [6, 6.07) is 3.65. The monoisotopic (exact) mass is 350 g/mol. The molecule has 4 heterocycles. The quantitative estimate of drug-likeness (QED) is 0.673. The molecule has 0 unspecified atom stereocenters. The molecule has 134 valence electrons. The first-order valence-corrected chi connectivity index (χ1v) is 9.05. The molecule has 7 nitrogen and oxygen atoms in total. The van der Waals surface area contributed by atoms with Gasteiger partial charge in [0.05, 0.1) is 11.6 Å². The third-order valence-electron chi connectivity index (χ3n) is 4.97. The van der Waals surface area contributed by atoms with Crippen molar-refractivity contribution in [2.45, 2.75) is 26.2 Å². The lowest BCUT2D eigenvalue weighted by atomic mass is 9.90. The van der Waals surface area contributed by atoms with E-state index in [1.54, 1.807) is 17.1 Å². The second-order valence-electron chi connectivity index (χ2n) is 6.71. The lowest BCUT2D eigenvalue weighted by Gasteiger charge is -2.33. The highest BCUT2D eigenvalue weighted by molar-refractivity contribution is 5.98. The van der Waals surface area contributed by atoms with Crippen LogP contribution in [0.3, 0.4) is 0 Å². The Balaban J connectivity index is 1.66. The third kappa shape index (κ3) is 2.94. The second-order valence-corrected chi connectivity index (χ2v) is 6.71. The topological polar surface area (TPSA) is 76.8 Å². The lowest BCUT2D eigenvalue weighted by molar-refractivity contribution is 0.0906. The van der Waals surface area contributed by atoms with Crippen molar-refractivity contribution in [2.24, 2.45) is 13.0 Å². The van der Waals surface area contributed by atoms with Gasteiger partial charge in [0.15, 0.2) is 11.4 Å². The summed E-state index contributed by atoms with van der Waals surface area (Å²) in [5.41, 5.74) is 1.52. The number of aryl methyl sites for hydroxylation is 2. The summed E-state index contributed by atoms with van der Waals surface area (Å²) in [6.07, 6.45) is 7.78. The Morgan fingerprint density at radius 3 is 2.96 bits per heavy atom. The molecule has 0 bridgehead atoms. The Morgan fingerprint density at radius 2 is 2.19 bits per heavy atom. The number of hydrogen-bond donors (Lipinski definition) is 0. The molecule has 0 aliphatic carbocycles. The summed E-state index contributed by atoms with van der Waals surface area (Å²) in [5.74, 6) is 1.81. The van der Waals surface area contributed by atoms with Gasteiger partial charge >= 0.3 is 0 Å². The van der Waals surface area contributed by atoms with E-state index in [1.807, 2.05) is 32.3 Å². The number of anilines is 1. The highest BCUT2D eigenvalue weighted by atomic mass is 16.1. The van der Waals surface area contributed by atoms with Crippen molar-refractivity contribution in [3.8, 4) is 0 Å². The fourth-order valence-corrected chi connectivity index (χ4v) is 3.58. The van der Waals surface area contributed by atoms with Crippen LogP contribution in [0.1, 0.15) is 35.9 Å². The van der Waals surface area contributed by atoms with Crippen LogP contribution in [0.2, 0.25) is 0 Å². The number of ketones is 1. The fourth-order valence-electron chi connectivity index (χ4n) is 3.58. The number of rotatable bonds is 4. The van der Waals surface area contributed by atoms with Gasteiger partial charge in [0, 0.05) is 50.4 Å². The average Bonchev–Trinajstić information content (AvgIpc) is 3.08. The van der Waals surface area contributed by atoms with Gasteiger partial charge in [0.25, 0.3) is 0 Å². The van der Waals surface area contributed by atoms with E-state index >= 15 is 0 Å². The molecule has 0 amide bonds. The molecule has 7 heteroatoms. The summed E-state index contributed by atoms with van der Waals surface area (Å²) in [4.78, 5) is 28.5. The van der Waals surface area contributed by atoms with Crippen LogP contribution in [0.25, 0.3) is 11.0 Å². The lowest BCUT2D eigenvalue weighted by Crippen LogP contribution is -2.39. The molecule has 1 aliphatic heterocycles. The van der Waals surface area contributed by atoms with Gasteiger partial charge in [-0.25, -0.2) is 9.97 Å². The molecule has 3 aromatic rings. The fraction of sp³-hybridized carbons (Fsp3) is 0.421. The van der Waals surface area contributed by atoms with Gasteiger partial charge in [-0.05, 0) is 25.0 Å². The zero-order valence-corrected chi connectivity index (χ0v) is 15.1. The van der Waals surface area contributed by atoms with Gasteiger partial charge in [-0.1, -0.05) is 6.92 Å². The van der Waals surface area contributed by atoms with E-state index in [0.717, 1.165) is 48.5 Å². The summed E-state index contributed by atoms with van der Waals surface area (Å²) in [6.45, 7) is 3.60. The van der Waals surface area contributed by atoms with Crippen LogP contribution < -0.4 is 4.90 Å². The minimum absolute atomic E-state index is 0.0419. The number of pyridine rings is 1. The number of carbonyl (C=O) groups excluding carboxylic acids is 1. The van der Waals surface area contributed by atoms with Crippen molar-refractivity contribution in [1.82, 2.24) is 24.7 Å². The van der Waals surface area contributed by atoms with Crippen LogP contribution in [0, 0.1) is 5.92 Å². The van der Waals surface area contributed by atoms with Gasteiger partial charge in [-0.15, -0.1) is 0 Å². The number of nitrogens with zero attached hydrogens (tertiary/aromatic N) is 6. The Kier molecular flexibility index (Phi) is 4.36. The van der Waals surface area contributed by atoms with Crippen molar-refractivity contribution >= 4 is 22.6 Å². The van der Waals surface area contributed by atoms with E-state index in [1.165, 1.54) is 0 Å². The highest BCUT2D eigenvalue weighted by Crippen LogP contribution is 2.29. The van der Waals surface area contributed by atoms with Crippen LogP contribution in [0.5, 0.6) is 0 Å². The molecule has 0 aromatic carbocycles. The molecule has 0 spiro atoms. The number of piperidine rings is 1. The van der Waals surface area contributed by atoms with E-state index in [-0.39, 0.29) is 11.7 Å². The van der Waals surface area contributed by atoms with E-state index in [2.05, 4.69) is 20.0 Å². The van der Waals surface area contributed by atoms with Crippen molar-refractivity contribution in [3.63, 3.8) is 0 Å². The predicted octanol–water partition coefficient (Wildman–Crippen LogP) is 2.42. The normalized spacial score (nSPS) is 17.6. The molecule has 4 rings (SSSR count).